The zero-order valence-electron chi connectivity index (χ0n) is 16.3. The van der Waals surface area contributed by atoms with Crippen LogP contribution in [0.25, 0.3) is 0 Å². The van der Waals surface area contributed by atoms with Gasteiger partial charge in [-0.05, 0) is 17.9 Å². The van der Waals surface area contributed by atoms with Gasteiger partial charge in [0.2, 0.25) is 0 Å². The van der Waals surface area contributed by atoms with Crippen molar-refractivity contribution in [1.29, 1.82) is 0 Å². The Morgan fingerprint density at radius 1 is 0.800 bits per heavy atom. The predicted octanol–water partition coefficient (Wildman–Crippen LogP) is 7.78. The molecule has 0 fully saturated rings. The number of esters is 1. The van der Waals surface area contributed by atoms with Crippen molar-refractivity contribution in [3.05, 3.63) is 22.4 Å². The highest BCUT2D eigenvalue weighted by Crippen LogP contribution is 2.14. The van der Waals surface area contributed by atoms with E-state index in [1.807, 2.05) is 17.5 Å². The van der Waals surface area contributed by atoms with Crippen molar-refractivity contribution in [1.82, 2.24) is 0 Å². The van der Waals surface area contributed by atoms with Gasteiger partial charge in [0.1, 0.15) is 4.88 Å². The fourth-order valence-corrected chi connectivity index (χ4v) is 3.72. The average Bonchev–Trinajstić information content (AvgIpc) is 3.16. The van der Waals surface area contributed by atoms with E-state index in [2.05, 4.69) is 6.92 Å². The molecule has 1 aromatic heterocycles. The van der Waals surface area contributed by atoms with Crippen LogP contribution in [-0.4, -0.2) is 12.6 Å². The van der Waals surface area contributed by atoms with Gasteiger partial charge in [-0.25, -0.2) is 4.79 Å². The molecule has 0 bridgehead atoms. The lowest BCUT2D eigenvalue weighted by Gasteiger charge is -2.04. The largest absolute Gasteiger partial charge is 0.462 e. The number of unbranched alkanes of at least 4 members (excludes halogenated alkanes) is 14. The molecular weight excluding hydrogens is 328 g/mol. The van der Waals surface area contributed by atoms with Crippen LogP contribution in [0.2, 0.25) is 0 Å². The van der Waals surface area contributed by atoms with Crippen LogP contribution in [0, 0.1) is 0 Å². The molecule has 0 aliphatic heterocycles. The van der Waals surface area contributed by atoms with Crippen LogP contribution in [0.1, 0.15) is 113 Å². The monoisotopic (exact) mass is 366 g/mol. The Balaban J connectivity index is 1.73. The third-order valence-electron chi connectivity index (χ3n) is 4.70. The summed E-state index contributed by atoms with van der Waals surface area (Å²) in [6.45, 7) is 2.84. The lowest BCUT2D eigenvalue weighted by Crippen LogP contribution is -2.04. The zero-order chi connectivity index (χ0) is 18.0. The molecule has 0 N–H and O–H groups in total. The highest BCUT2D eigenvalue weighted by atomic mass is 32.1. The van der Waals surface area contributed by atoms with Gasteiger partial charge in [0.25, 0.3) is 0 Å². The molecule has 2 nitrogen and oxygen atoms in total. The summed E-state index contributed by atoms with van der Waals surface area (Å²) in [4.78, 5) is 12.4. The molecule has 0 saturated carbocycles. The second-order valence-corrected chi connectivity index (χ2v) is 8.01. The van der Waals surface area contributed by atoms with Crippen LogP contribution in [0.5, 0.6) is 0 Å². The molecule has 1 heterocycles. The van der Waals surface area contributed by atoms with Gasteiger partial charge in [-0.1, -0.05) is 103 Å². The first-order valence-electron chi connectivity index (χ1n) is 10.5. The standard InChI is InChI=1S/C22H38O2S/c1-2-3-4-5-6-7-8-9-10-11-12-13-14-15-16-19-24-22(23)21-18-17-20-25-21/h17-18,20H,2-16,19H2,1H3. The molecule has 0 spiro atoms. The van der Waals surface area contributed by atoms with E-state index in [0.717, 1.165) is 6.42 Å². The SMILES string of the molecule is CCCCCCCCCCCCCCCCCOC(=O)c1cccs1. The van der Waals surface area contributed by atoms with E-state index >= 15 is 0 Å². The third-order valence-corrected chi connectivity index (χ3v) is 5.55. The van der Waals surface area contributed by atoms with E-state index in [9.17, 15) is 4.79 Å². The number of rotatable bonds is 17. The summed E-state index contributed by atoms with van der Waals surface area (Å²) in [6, 6.07) is 3.70. The predicted molar refractivity (Wildman–Crippen MR) is 110 cm³/mol. The maximum atomic E-state index is 11.6. The Bertz CT molecular complexity index is 400. The van der Waals surface area contributed by atoms with E-state index in [-0.39, 0.29) is 5.97 Å². The molecule has 0 saturated heterocycles. The van der Waals surface area contributed by atoms with Gasteiger partial charge in [-0.3, -0.25) is 0 Å². The number of hydrogen-bond acceptors (Lipinski definition) is 3. The topological polar surface area (TPSA) is 26.3 Å². The zero-order valence-corrected chi connectivity index (χ0v) is 17.1. The van der Waals surface area contributed by atoms with Crippen molar-refractivity contribution >= 4 is 17.3 Å². The molecule has 0 unspecified atom stereocenters. The van der Waals surface area contributed by atoms with Crippen LogP contribution < -0.4 is 0 Å². The quantitative estimate of drug-likeness (QED) is 0.208. The summed E-state index contributed by atoms with van der Waals surface area (Å²) >= 11 is 1.44. The van der Waals surface area contributed by atoms with Crippen molar-refractivity contribution in [2.75, 3.05) is 6.61 Å². The summed E-state index contributed by atoms with van der Waals surface area (Å²) in [5.74, 6) is -0.166. The van der Waals surface area contributed by atoms with Gasteiger partial charge in [-0.2, -0.15) is 0 Å². The third kappa shape index (κ3) is 13.1. The first kappa shape index (κ1) is 22.2. The van der Waals surface area contributed by atoms with Gasteiger partial charge >= 0.3 is 5.97 Å². The average molecular weight is 367 g/mol. The van der Waals surface area contributed by atoms with E-state index < -0.39 is 0 Å². The number of thiophene rings is 1. The van der Waals surface area contributed by atoms with Crippen molar-refractivity contribution in [3.63, 3.8) is 0 Å². The molecule has 0 aliphatic carbocycles. The minimum absolute atomic E-state index is 0.166. The van der Waals surface area contributed by atoms with Gasteiger partial charge < -0.3 is 4.74 Å². The maximum absolute atomic E-state index is 11.6. The number of carbonyl (C=O) groups is 1. The minimum Gasteiger partial charge on any atom is -0.462 e. The van der Waals surface area contributed by atoms with Crippen molar-refractivity contribution in [2.24, 2.45) is 0 Å². The molecule has 3 heteroatoms. The van der Waals surface area contributed by atoms with E-state index in [0.29, 0.717) is 11.5 Å². The molecule has 0 radical (unpaired) electrons. The van der Waals surface area contributed by atoms with Gasteiger partial charge in [0.15, 0.2) is 0 Å². The van der Waals surface area contributed by atoms with Crippen LogP contribution in [0.4, 0.5) is 0 Å². The minimum atomic E-state index is -0.166. The summed E-state index contributed by atoms with van der Waals surface area (Å²) < 4.78 is 5.27. The Labute approximate surface area is 159 Å². The van der Waals surface area contributed by atoms with Crippen molar-refractivity contribution in [3.8, 4) is 0 Å². The highest BCUT2D eigenvalue weighted by molar-refractivity contribution is 7.11. The Hall–Kier alpha value is -0.830. The van der Waals surface area contributed by atoms with Crippen LogP contribution in [0.15, 0.2) is 17.5 Å². The molecule has 0 aromatic carbocycles. The summed E-state index contributed by atoms with van der Waals surface area (Å²) in [5, 5.41) is 1.91. The maximum Gasteiger partial charge on any atom is 0.348 e. The first-order chi connectivity index (χ1) is 12.3. The number of ether oxygens (including phenoxy) is 1. The van der Waals surface area contributed by atoms with Gasteiger partial charge in [-0.15, -0.1) is 11.3 Å². The molecule has 144 valence electrons. The number of carbonyl (C=O) groups excluding carboxylic acids is 1. The van der Waals surface area contributed by atoms with Crippen LogP contribution >= 0.6 is 11.3 Å². The van der Waals surface area contributed by atoms with E-state index in [1.54, 1.807) is 0 Å². The van der Waals surface area contributed by atoms with Crippen molar-refractivity contribution in [2.45, 2.75) is 103 Å². The van der Waals surface area contributed by atoms with Crippen LogP contribution in [-0.2, 0) is 4.74 Å². The Morgan fingerprint density at radius 3 is 1.72 bits per heavy atom. The number of hydrogen-bond donors (Lipinski definition) is 0. The molecule has 1 rings (SSSR count). The second-order valence-electron chi connectivity index (χ2n) is 7.06. The Morgan fingerprint density at radius 2 is 1.28 bits per heavy atom. The first-order valence-corrected chi connectivity index (χ1v) is 11.4. The highest BCUT2D eigenvalue weighted by Gasteiger charge is 2.06. The summed E-state index contributed by atoms with van der Waals surface area (Å²) in [6.07, 6.45) is 20.3. The fraction of sp³-hybridized carbons (Fsp3) is 0.773. The molecule has 25 heavy (non-hydrogen) atoms. The van der Waals surface area contributed by atoms with Crippen LogP contribution in [0.3, 0.4) is 0 Å². The summed E-state index contributed by atoms with van der Waals surface area (Å²) in [5.41, 5.74) is 0. The molecule has 0 atom stereocenters. The van der Waals surface area contributed by atoms with Gasteiger partial charge in [0.05, 0.1) is 6.61 Å². The second kappa shape index (κ2) is 16.6. The summed E-state index contributed by atoms with van der Waals surface area (Å²) in [7, 11) is 0. The fourth-order valence-electron chi connectivity index (χ4n) is 3.10. The molecule has 1 aromatic rings. The van der Waals surface area contributed by atoms with Crippen molar-refractivity contribution < 1.29 is 9.53 Å². The lowest BCUT2D eigenvalue weighted by molar-refractivity contribution is 0.0503. The van der Waals surface area contributed by atoms with E-state index in [4.69, 9.17) is 4.74 Å². The lowest BCUT2D eigenvalue weighted by atomic mass is 10.0. The molecular formula is C22H38O2S. The smallest absolute Gasteiger partial charge is 0.348 e. The molecule has 0 aliphatic rings. The molecule has 0 amide bonds. The normalized spacial score (nSPS) is 10.9. The van der Waals surface area contributed by atoms with E-state index in [1.165, 1.54) is 101 Å². The Kier molecular flexibility index (Phi) is 14.8. The van der Waals surface area contributed by atoms with Gasteiger partial charge in [0, 0.05) is 0 Å².